The van der Waals surface area contributed by atoms with Gasteiger partial charge in [-0.2, -0.15) is 0 Å². The smallest absolute Gasteiger partial charge is 0.166 e. The molecule has 2 rings (SSSR count). The van der Waals surface area contributed by atoms with Crippen molar-refractivity contribution in [3.05, 3.63) is 28.6 Å². The van der Waals surface area contributed by atoms with Gasteiger partial charge < -0.3 is 14.6 Å². The normalized spacial score (nSPS) is 15.4. The number of aliphatic hydroxyl groups is 1. The predicted molar refractivity (Wildman–Crippen MR) is 83.5 cm³/mol. The molecule has 1 aliphatic rings. The average molecular weight is 306 g/mol. The Balaban J connectivity index is 2.31. The van der Waals surface area contributed by atoms with Crippen LogP contribution in [0, 0.1) is 24.6 Å². The van der Waals surface area contributed by atoms with Gasteiger partial charge in [0.15, 0.2) is 11.6 Å². The van der Waals surface area contributed by atoms with Crippen molar-refractivity contribution in [2.24, 2.45) is 0 Å². The Hall–Kier alpha value is -1.57. The summed E-state index contributed by atoms with van der Waals surface area (Å²) in [6, 6.07) is 1.40. The fourth-order valence-electron chi connectivity index (χ4n) is 2.49. The minimum atomic E-state index is -0.588. The standard InChI is InChI=1S/C18H23FO3/c1-12-13(7-8-14(11-20)22-18(2,3)4)10-16(19)17-15(12)6-5-9-21-17/h10,14,20H,5-6,9,11H2,1-4H3. The van der Waals surface area contributed by atoms with Crippen molar-refractivity contribution < 1.29 is 19.0 Å². The molecule has 1 atom stereocenters. The number of hydrogen-bond donors (Lipinski definition) is 1. The van der Waals surface area contributed by atoms with Crippen LogP contribution in [0.5, 0.6) is 5.75 Å². The van der Waals surface area contributed by atoms with Crippen LogP contribution in [0.3, 0.4) is 0 Å². The second-order valence-electron chi connectivity index (χ2n) is 6.46. The van der Waals surface area contributed by atoms with Gasteiger partial charge in [-0.1, -0.05) is 11.8 Å². The van der Waals surface area contributed by atoms with E-state index in [4.69, 9.17) is 9.47 Å². The number of halogens is 1. The molecule has 0 saturated carbocycles. The Morgan fingerprint density at radius 3 is 2.82 bits per heavy atom. The highest BCUT2D eigenvalue weighted by Gasteiger charge is 2.20. The number of ether oxygens (including phenoxy) is 2. The Labute approximate surface area is 131 Å². The largest absolute Gasteiger partial charge is 0.490 e. The first-order valence-corrected chi connectivity index (χ1v) is 7.57. The number of benzene rings is 1. The maximum Gasteiger partial charge on any atom is 0.166 e. The molecule has 1 N–H and O–H groups in total. The Bertz CT molecular complexity index is 605. The molecule has 0 bridgehead atoms. The third-order valence-electron chi connectivity index (χ3n) is 3.47. The second kappa shape index (κ2) is 6.68. The third kappa shape index (κ3) is 4.00. The first-order chi connectivity index (χ1) is 10.3. The monoisotopic (exact) mass is 306 g/mol. The first-order valence-electron chi connectivity index (χ1n) is 7.57. The lowest BCUT2D eigenvalue weighted by Gasteiger charge is -2.23. The number of rotatable bonds is 2. The van der Waals surface area contributed by atoms with Crippen molar-refractivity contribution in [2.45, 2.75) is 52.2 Å². The van der Waals surface area contributed by atoms with Crippen molar-refractivity contribution >= 4 is 0 Å². The maximum absolute atomic E-state index is 14.1. The van der Waals surface area contributed by atoms with Crippen LogP contribution in [0.2, 0.25) is 0 Å². The highest BCUT2D eigenvalue weighted by Crippen LogP contribution is 2.32. The summed E-state index contributed by atoms with van der Waals surface area (Å²) in [5.41, 5.74) is 2.06. The second-order valence-corrected chi connectivity index (χ2v) is 6.46. The van der Waals surface area contributed by atoms with Gasteiger partial charge in [0, 0.05) is 11.1 Å². The van der Waals surface area contributed by atoms with E-state index in [-0.39, 0.29) is 12.4 Å². The molecule has 0 aliphatic carbocycles. The summed E-state index contributed by atoms with van der Waals surface area (Å²) in [5.74, 6) is 5.82. The van der Waals surface area contributed by atoms with E-state index in [1.807, 2.05) is 27.7 Å². The molecule has 0 amide bonds. The van der Waals surface area contributed by atoms with Gasteiger partial charge in [0.05, 0.1) is 18.8 Å². The maximum atomic E-state index is 14.1. The topological polar surface area (TPSA) is 38.7 Å². The van der Waals surface area contributed by atoms with Gasteiger partial charge in [-0.3, -0.25) is 0 Å². The highest BCUT2D eigenvalue weighted by molar-refractivity contribution is 5.52. The van der Waals surface area contributed by atoms with E-state index in [1.165, 1.54) is 6.07 Å². The van der Waals surface area contributed by atoms with Crippen LogP contribution in [0.4, 0.5) is 4.39 Å². The SMILES string of the molecule is Cc1c(C#CC(CO)OC(C)(C)C)cc(F)c2c1CCCO2. The molecule has 0 fully saturated rings. The number of fused-ring (bicyclic) bond motifs is 1. The number of aliphatic hydroxyl groups excluding tert-OH is 1. The van der Waals surface area contributed by atoms with Crippen molar-refractivity contribution in [1.29, 1.82) is 0 Å². The summed E-state index contributed by atoms with van der Waals surface area (Å²) in [6.07, 6.45) is 1.10. The Kier molecular flexibility index (Phi) is 5.10. The lowest BCUT2D eigenvalue weighted by molar-refractivity contribution is -0.0533. The molecule has 1 aliphatic heterocycles. The molecule has 0 radical (unpaired) electrons. The van der Waals surface area contributed by atoms with Crippen molar-refractivity contribution in [3.8, 4) is 17.6 Å². The van der Waals surface area contributed by atoms with Gasteiger partial charge >= 0.3 is 0 Å². The molecule has 4 heteroatoms. The van der Waals surface area contributed by atoms with E-state index in [1.54, 1.807) is 0 Å². The quantitative estimate of drug-likeness (QED) is 0.854. The summed E-state index contributed by atoms with van der Waals surface area (Å²) < 4.78 is 25.2. The molecule has 1 heterocycles. The third-order valence-corrected chi connectivity index (χ3v) is 3.47. The molecule has 0 aromatic heterocycles. The molecule has 22 heavy (non-hydrogen) atoms. The average Bonchev–Trinajstić information content (AvgIpc) is 2.47. The zero-order valence-electron chi connectivity index (χ0n) is 13.6. The van der Waals surface area contributed by atoms with E-state index in [2.05, 4.69) is 11.8 Å². The molecule has 1 unspecified atom stereocenters. The fraction of sp³-hybridized carbons (Fsp3) is 0.556. The Morgan fingerprint density at radius 2 is 2.18 bits per heavy atom. The van der Waals surface area contributed by atoms with E-state index in [9.17, 15) is 9.50 Å². The lowest BCUT2D eigenvalue weighted by atomic mass is 9.96. The molecule has 1 aromatic rings. The molecule has 1 aromatic carbocycles. The number of hydrogen-bond acceptors (Lipinski definition) is 3. The van der Waals surface area contributed by atoms with Gasteiger partial charge in [0.2, 0.25) is 0 Å². The molecule has 120 valence electrons. The summed E-state index contributed by atoms with van der Waals surface area (Å²) in [4.78, 5) is 0. The lowest BCUT2D eigenvalue weighted by Crippen LogP contribution is -2.28. The summed E-state index contributed by atoms with van der Waals surface area (Å²) in [7, 11) is 0. The van der Waals surface area contributed by atoms with Gasteiger partial charge in [-0.25, -0.2) is 4.39 Å². The van der Waals surface area contributed by atoms with Gasteiger partial charge in [-0.15, -0.1) is 0 Å². The van der Waals surface area contributed by atoms with Gasteiger partial charge in [0.25, 0.3) is 0 Å². The molecule has 3 nitrogen and oxygen atoms in total. The molecular weight excluding hydrogens is 283 g/mol. The van der Waals surface area contributed by atoms with E-state index in [0.29, 0.717) is 17.9 Å². The summed E-state index contributed by atoms with van der Waals surface area (Å²) in [5, 5.41) is 9.36. The van der Waals surface area contributed by atoms with Crippen molar-refractivity contribution in [3.63, 3.8) is 0 Å². The van der Waals surface area contributed by atoms with Gasteiger partial charge in [0.1, 0.15) is 6.10 Å². The van der Waals surface area contributed by atoms with E-state index < -0.39 is 11.7 Å². The minimum absolute atomic E-state index is 0.195. The van der Waals surface area contributed by atoms with Gasteiger partial charge in [-0.05, 0) is 52.2 Å². The van der Waals surface area contributed by atoms with Crippen molar-refractivity contribution in [2.75, 3.05) is 13.2 Å². The van der Waals surface area contributed by atoms with Crippen LogP contribution in [-0.2, 0) is 11.2 Å². The Morgan fingerprint density at radius 1 is 1.45 bits per heavy atom. The summed E-state index contributed by atoms with van der Waals surface area (Å²) in [6.45, 7) is 7.99. The van der Waals surface area contributed by atoms with Crippen molar-refractivity contribution in [1.82, 2.24) is 0 Å². The van der Waals surface area contributed by atoms with E-state index in [0.717, 1.165) is 24.0 Å². The predicted octanol–water partition coefficient (Wildman–Crippen LogP) is 2.99. The van der Waals surface area contributed by atoms with Crippen LogP contribution >= 0.6 is 0 Å². The van der Waals surface area contributed by atoms with Crippen LogP contribution in [-0.4, -0.2) is 30.0 Å². The van der Waals surface area contributed by atoms with Crippen LogP contribution in [0.1, 0.15) is 43.9 Å². The zero-order valence-corrected chi connectivity index (χ0v) is 13.6. The van der Waals surface area contributed by atoms with Crippen LogP contribution in [0.25, 0.3) is 0 Å². The first kappa shape index (κ1) is 16.8. The van der Waals surface area contributed by atoms with E-state index >= 15 is 0 Å². The zero-order chi connectivity index (χ0) is 16.3. The molecule has 0 spiro atoms. The summed E-state index contributed by atoms with van der Waals surface area (Å²) >= 11 is 0. The highest BCUT2D eigenvalue weighted by atomic mass is 19.1. The molecule has 0 saturated heterocycles. The van der Waals surface area contributed by atoms with Crippen LogP contribution in [0.15, 0.2) is 6.07 Å². The fourth-order valence-corrected chi connectivity index (χ4v) is 2.49. The molecular formula is C18H23FO3. The minimum Gasteiger partial charge on any atom is -0.490 e. The van der Waals surface area contributed by atoms with Crippen LogP contribution < -0.4 is 4.74 Å².